The molecule has 0 aliphatic heterocycles. The molecule has 98 valence electrons. The number of amides is 1. The molecule has 0 fully saturated rings. The van der Waals surface area contributed by atoms with Crippen LogP contribution in [-0.4, -0.2) is 6.09 Å². The number of carbonyl (C=O) groups excluding carboxylic acids is 1. The lowest BCUT2D eigenvalue weighted by molar-refractivity contribution is 0.215. The third-order valence-corrected chi connectivity index (χ3v) is 2.84. The first-order valence-corrected chi connectivity index (χ1v) is 6.32. The molecule has 0 saturated carbocycles. The number of rotatable bonds is 3. The Hall–Kier alpha value is -2.29. The first-order chi connectivity index (χ1) is 9.17. The number of carbonyl (C=O) groups is 1. The summed E-state index contributed by atoms with van der Waals surface area (Å²) in [6.07, 6.45) is 0.489. The molecule has 0 heterocycles. The summed E-state index contributed by atoms with van der Waals surface area (Å²) >= 11 is 0. The predicted octanol–water partition coefficient (Wildman–Crippen LogP) is 4.17. The van der Waals surface area contributed by atoms with Crippen molar-refractivity contribution in [3.8, 4) is 5.75 Å². The zero-order valence-electron chi connectivity index (χ0n) is 11.1. The minimum Gasteiger partial charge on any atom is -0.410 e. The third kappa shape index (κ3) is 3.85. The van der Waals surface area contributed by atoms with Crippen LogP contribution in [0.3, 0.4) is 0 Å². The second kappa shape index (κ2) is 6.05. The van der Waals surface area contributed by atoms with E-state index in [0.29, 0.717) is 5.75 Å². The van der Waals surface area contributed by atoms with E-state index < -0.39 is 6.09 Å². The number of anilines is 1. The standard InChI is InChI=1S/C16H17NO2/c1-3-13-6-10-15(11-7-13)19-16(18)17-14-8-4-12(2)5-9-14/h4-11H,3H2,1-2H3,(H,17,18). The van der Waals surface area contributed by atoms with Crippen molar-refractivity contribution in [1.82, 2.24) is 0 Å². The van der Waals surface area contributed by atoms with E-state index in [1.54, 1.807) is 12.1 Å². The Balaban J connectivity index is 1.95. The number of nitrogens with one attached hydrogen (secondary N) is 1. The molecule has 3 heteroatoms. The lowest BCUT2D eigenvalue weighted by Gasteiger charge is -2.07. The molecule has 1 N–H and O–H groups in total. The molecule has 0 aliphatic carbocycles. The normalized spacial score (nSPS) is 10.0. The number of hydrogen-bond acceptors (Lipinski definition) is 2. The van der Waals surface area contributed by atoms with Gasteiger partial charge < -0.3 is 4.74 Å². The molecular formula is C16H17NO2. The number of ether oxygens (including phenoxy) is 1. The summed E-state index contributed by atoms with van der Waals surface area (Å²) in [6, 6.07) is 15.1. The van der Waals surface area contributed by atoms with Crippen molar-refractivity contribution >= 4 is 11.8 Å². The largest absolute Gasteiger partial charge is 0.417 e. The van der Waals surface area contributed by atoms with E-state index in [1.165, 1.54) is 5.56 Å². The Kier molecular flexibility index (Phi) is 4.18. The average Bonchev–Trinajstić information content (AvgIpc) is 2.42. The summed E-state index contributed by atoms with van der Waals surface area (Å²) in [5.74, 6) is 0.543. The fourth-order valence-corrected chi connectivity index (χ4v) is 1.68. The molecule has 2 rings (SSSR count). The van der Waals surface area contributed by atoms with Crippen LogP contribution in [-0.2, 0) is 6.42 Å². The second-order valence-electron chi connectivity index (χ2n) is 4.38. The Labute approximate surface area is 113 Å². The van der Waals surface area contributed by atoms with Gasteiger partial charge in [-0.05, 0) is 43.2 Å². The molecule has 0 aliphatic rings. The van der Waals surface area contributed by atoms with Gasteiger partial charge in [-0.15, -0.1) is 0 Å². The molecule has 2 aromatic rings. The van der Waals surface area contributed by atoms with Gasteiger partial charge in [0.2, 0.25) is 0 Å². The summed E-state index contributed by atoms with van der Waals surface area (Å²) in [7, 11) is 0. The van der Waals surface area contributed by atoms with E-state index in [4.69, 9.17) is 4.74 Å². The Morgan fingerprint density at radius 2 is 1.68 bits per heavy atom. The fourth-order valence-electron chi connectivity index (χ4n) is 1.68. The maximum atomic E-state index is 11.7. The van der Waals surface area contributed by atoms with Gasteiger partial charge in [0.25, 0.3) is 0 Å². The van der Waals surface area contributed by atoms with E-state index >= 15 is 0 Å². The van der Waals surface area contributed by atoms with Crippen LogP contribution in [0.1, 0.15) is 18.1 Å². The van der Waals surface area contributed by atoms with Crippen molar-refractivity contribution in [2.75, 3.05) is 5.32 Å². The first kappa shape index (κ1) is 13.1. The van der Waals surface area contributed by atoms with Gasteiger partial charge in [0.15, 0.2) is 0 Å². The van der Waals surface area contributed by atoms with Gasteiger partial charge in [-0.1, -0.05) is 36.8 Å². The Morgan fingerprint density at radius 1 is 1.05 bits per heavy atom. The average molecular weight is 255 g/mol. The van der Waals surface area contributed by atoms with Gasteiger partial charge in [-0.2, -0.15) is 0 Å². The topological polar surface area (TPSA) is 38.3 Å². The van der Waals surface area contributed by atoms with Crippen molar-refractivity contribution in [1.29, 1.82) is 0 Å². The van der Waals surface area contributed by atoms with E-state index in [0.717, 1.165) is 17.7 Å². The molecular weight excluding hydrogens is 238 g/mol. The number of benzene rings is 2. The van der Waals surface area contributed by atoms with Crippen LogP contribution in [0, 0.1) is 6.92 Å². The van der Waals surface area contributed by atoms with Crippen LogP contribution in [0.2, 0.25) is 0 Å². The van der Waals surface area contributed by atoms with Gasteiger partial charge >= 0.3 is 6.09 Å². The highest BCUT2D eigenvalue weighted by Crippen LogP contribution is 2.14. The molecule has 1 amide bonds. The molecule has 3 nitrogen and oxygen atoms in total. The van der Waals surface area contributed by atoms with Gasteiger partial charge in [0.1, 0.15) is 5.75 Å². The molecule has 0 radical (unpaired) electrons. The van der Waals surface area contributed by atoms with E-state index in [9.17, 15) is 4.79 Å². The summed E-state index contributed by atoms with van der Waals surface area (Å²) in [6.45, 7) is 4.08. The monoisotopic (exact) mass is 255 g/mol. The molecule has 2 aromatic carbocycles. The van der Waals surface area contributed by atoms with E-state index in [1.807, 2.05) is 43.3 Å². The van der Waals surface area contributed by atoms with Crippen molar-refractivity contribution in [2.24, 2.45) is 0 Å². The number of hydrogen-bond donors (Lipinski definition) is 1. The highest BCUT2D eigenvalue weighted by Gasteiger charge is 2.04. The Morgan fingerprint density at radius 3 is 2.26 bits per heavy atom. The summed E-state index contributed by atoms with van der Waals surface area (Å²) < 4.78 is 5.20. The molecule has 0 saturated heterocycles. The van der Waals surface area contributed by atoms with Crippen molar-refractivity contribution < 1.29 is 9.53 Å². The molecule has 0 atom stereocenters. The highest BCUT2D eigenvalue weighted by molar-refractivity contribution is 5.86. The van der Waals surface area contributed by atoms with Gasteiger partial charge in [-0.25, -0.2) is 4.79 Å². The van der Waals surface area contributed by atoms with E-state index in [-0.39, 0.29) is 0 Å². The quantitative estimate of drug-likeness (QED) is 0.894. The molecule has 0 unspecified atom stereocenters. The highest BCUT2D eigenvalue weighted by atomic mass is 16.6. The smallest absolute Gasteiger partial charge is 0.410 e. The van der Waals surface area contributed by atoms with Crippen LogP contribution in [0.15, 0.2) is 48.5 Å². The summed E-state index contributed by atoms with van der Waals surface area (Å²) in [4.78, 5) is 11.7. The predicted molar refractivity (Wildman–Crippen MR) is 76.6 cm³/mol. The van der Waals surface area contributed by atoms with Gasteiger partial charge in [0, 0.05) is 5.69 Å². The minimum atomic E-state index is -0.479. The zero-order valence-corrected chi connectivity index (χ0v) is 11.1. The molecule has 0 spiro atoms. The van der Waals surface area contributed by atoms with Gasteiger partial charge in [-0.3, -0.25) is 5.32 Å². The Bertz CT molecular complexity index is 544. The third-order valence-electron chi connectivity index (χ3n) is 2.84. The van der Waals surface area contributed by atoms with Crippen molar-refractivity contribution in [2.45, 2.75) is 20.3 Å². The molecule has 0 aromatic heterocycles. The maximum absolute atomic E-state index is 11.7. The van der Waals surface area contributed by atoms with Gasteiger partial charge in [0.05, 0.1) is 0 Å². The van der Waals surface area contributed by atoms with Crippen LogP contribution in [0.25, 0.3) is 0 Å². The van der Waals surface area contributed by atoms with Crippen molar-refractivity contribution in [3.63, 3.8) is 0 Å². The summed E-state index contributed by atoms with van der Waals surface area (Å²) in [5, 5.41) is 2.69. The summed E-state index contributed by atoms with van der Waals surface area (Å²) in [5.41, 5.74) is 3.08. The fraction of sp³-hybridized carbons (Fsp3) is 0.188. The molecule has 0 bridgehead atoms. The van der Waals surface area contributed by atoms with Crippen LogP contribution < -0.4 is 10.1 Å². The molecule has 19 heavy (non-hydrogen) atoms. The minimum absolute atomic E-state index is 0.479. The maximum Gasteiger partial charge on any atom is 0.417 e. The van der Waals surface area contributed by atoms with Crippen molar-refractivity contribution in [3.05, 3.63) is 59.7 Å². The first-order valence-electron chi connectivity index (χ1n) is 6.32. The lowest BCUT2D eigenvalue weighted by Crippen LogP contribution is -2.16. The van der Waals surface area contributed by atoms with E-state index in [2.05, 4.69) is 12.2 Å². The SMILES string of the molecule is CCc1ccc(OC(=O)Nc2ccc(C)cc2)cc1. The zero-order chi connectivity index (χ0) is 13.7. The lowest BCUT2D eigenvalue weighted by atomic mass is 10.2. The number of aryl methyl sites for hydroxylation is 2. The second-order valence-corrected chi connectivity index (χ2v) is 4.38. The van der Waals surface area contributed by atoms with Crippen LogP contribution >= 0.6 is 0 Å². The van der Waals surface area contributed by atoms with Crippen LogP contribution in [0.4, 0.5) is 10.5 Å². The van der Waals surface area contributed by atoms with Crippen LogP contribution in [0.5, 0.6) is 5.75 Å².